The van der Waals surface area contributed by atoms with Gasteiger partial charge in [0.2, 0.25) is 5.91 Å². The van der Waals surface area contributed by atoms with Gasteiger partial charge in [-0.05, 0) is 24.3 Å². The van der Waals surface area contributed by atoms with Crippen molar-refractivity contribution in [2.75, 3.05) is 5.32 Å². The maximum atomic E-state index is 10.9. The van der Waals surface area contributed by atoms with Gasteiger partial charge in [0.15, 0.2) is 5.92 Å². The van der Waals surface area contributed by atoms with Gasteiger partial charge >= 0.3 is 0 Å². The van der Waals surface area contributed by atoms with E-state index in [-0.39, 0.29) is 4.99 Å². The number of hydrogen-bond acceptors (Lipinski definition) is 3. The van der Waals surface area contributed by atoms with E-state index < -0.39 is 11.8 Å². The summed E-state index contributed by atoms with van der Waals surface area (Å²) < 4.78 is 0.927. The lowest BCUT2D eigenvalue weighted by molar-refractivity contribution is -0.118. The molecule has 1 unspecified atom stereocenters. The van der Waals surface area contributed by atoms with Crippen LogP contribution in [0.3, 0.4) is 0 Å². The van der Waals surface area contributed by atoms with Gasteiger partial charge in [0.25, 0.3) is 0 Å². The highest BCUT2D eigenvalue weighted by molar-refractivity contribution is 9.10. The van der Waals surface area contributed by atoms with Crippen LogP contribution in [0.1, 0.15) is 0 Å². The van der Waals surface area contributed by atoms with E-state index in [9.17, 15) is 4.79 Å². The van der Waals surface area contributed by atoms with Crippen molar-refractivity contribution in [1.29, 1.82) is 5.26 Å². The molecule has 0 heterocycles. The molecule has 0 fully saturated rings. The van der Waals surface area contributed by atoms with Crippen LogP contribution >= 0.6 is 28.1 Å². The normalized spacial score (nSPS) is 11.2. The number of hydrogen-bond donors (Lipinski definition) is 2. The second-order valence-corrected chi connectivity index (χ2v) is 4.32. The third-order valence-electron chi connectivity index (χ3n) is 1.79. The standard InChI is InChI=1S/C10H8BrN3OS/c11-6-1-3-7(4-2-6)14-10(16)8(5-12)9(13)15/h1-4,8H,(H2,13,15)(H,14,16). The summed E-state index contributed by atoms with van der Waals surface area (Å²) in [5.74, 6) is -1.85. The molecule has 4 nitrogen and oxygen atoms in total. The zero-order chi connectivity index (χ0) is 12.1. The molecule has 1 aromatic rings. The first-order valence-corrected chi connectivity index (χ1v) is 5.50. The first-order valence-electron chi connectivity index (χ1n) is 4.30. The minimum absolute atomic E-state index is 0.109. The lowest BCUT2D eigenvalue weighted by Crippen LogP contribution is -2.32. The molecule has 0 aliphatic carbocycles. The Morgan fingerprint density at radius 3 is 2.50 bits per heavy atom. The number of anilines is 1. The Morgan fingerprint density at radius 2 is 2.06 bits per heavy atom. The predicted octanol–water partition coefficient (Wildman–Crippen LogP) is 1.81. The van der Waals surface area contributed by atoms with Gasteiger partial charge < -0.3 is 11.1 Å². The highest BCUT2D eigenvalue weighted by Gasteiger charge is 2.19. The molecule has 1 amide bonds. The fourth-order valence-corrected chi connectivity index (χ4v) is 1.55. The molecular weight excluding hydrogens is 290 g/mol. The zero-order valence-corrected chi connectivity index (χ0v) is 10.5. The van der Waals surface area contributed by atoms with Crippen LogP contribution in [-0.4, -0.2) is 10.9 Å². The number of nitrogens with two attached hydrogens (primary N) is 1. The van der Waals surface area contributed by atoms with Crippen LogP contribution in [0.2, 0.25) is 0 Å². The largest absolute Gasteiger partial charge is 0.368 e. The van der Waals surface area contributed by atoms with E-state index in [1.165, 1.54) is 0 Å². The van der Waals surface area contributed by atoms with E-state index >= 15 is 0 Å². The number of carbonyl (C=O) groups is 1. The summed E-state index contributed by atoms with van der Waals surface area (Å²) in [6.45, 7) is 0. The molecule has 0 saturated heterocycles. The number of amides is 1. The number of rotatable bonds is 3. The average Bonchev–Trinajstić information content (AvgIpc) is 2.22. The lowest BCUT2D eigenvalue weighted by atomic mass is 10.1. The molecule has 0 aliphatic heterocycles. The van der Waals surface area contributed by atoms with E-state index in [0.717, 1.165) is 4.47 Å². The second-order valence-electron chi connectivity index (χ2n) is 2.96. The number of thiocarbonyl (C=S) groups is 1. The molecule has 1 rings (SSSR count). The first kappa shape index (κ1) is 12.6. The van der Waals surface area contributed by atoms with Crippen molar-refractivity contribution in [2.45, 2.75) is 0 Å². The quantitative estimate of drug-likeness (QED) is 0.834. The number of primary amides is 1. The molecule has 6 heteroatoms. The van der Waals surface area contributed by atoms with Crippen molar-refractivity contribution in [3.63, 3.8) is 0 Å². The van der Waals surface area contributed by atoms with Gasteiger partial charge in [-0.25, -0.2) is 0 Å². The molecule has 3 N–H and O–H groups in total. The molecule has 82 valence electrons. The monoisotopic (exact) mass is 297 g/mol. The number of benzene rings is 1. The van der Waals surface area contributed by atoms with Crippen molar-refractivity contribution in [1.82, 2.24) is 0 Å². The van der Waals surface area contributed by atoms with Gasteiger partial charge in [-0.15, -0.1) is 0 Å². The van der Waals surface area contributed by atoms with Crippen LogP contribution in [0.5, 0.6) is 0 Å². The molecule has 0 spiro atoms. The van der Waals surface area contributed by atoms with Crippen LogP contribution in [0.15, 0.2) is 28.7 Å². The number of nitriles is 1. The fourth-order valence-electron chi connectivity index (χ4n) is 0.999. The minimum Gasteiger partial charge on any atom is -0.368 e. The van der Waals surface area contributed by atoms with E-state index in [2.05, 4.69) is 21.2 Å². The summed E-state index contributed by atoms with van der Waals surface area (Å²) in [6.07, 6.45) is 0. The Balaban J connectivity index is 2.75. The summed E-state index contributed by atoms with van der Waals surface area (Å²) in [4.78, 5) is 11.0. The second kappa shape index (κ2) is 5.58. The highest BCUT2D eigenvalue weighted by atomic mass is 79.9. The van der Waals surface area contributed by atoms with Crippen LogP contribution in [-0.2, 0) is 4.79 Å². The molecule has 0 saturated carbocycles. The van der Waals surface area contributed by atoms with Gasteiger partial charge in [0.1, 0.15) is 4.99 Å². The third kappa shape index (κ3) is 3.29. The van der Waals surface area contributed by atoms with Crippen molar-refractivity contribution in [2.24, 2.45) is 11.7 Å². The Bertz CT molecular complexity index is 452. The first-order chi connectivity index (χ1) is 7.54. The fraction of sp³-hybridized carbons (Fsp3) is 0.100. The van der Waals surface area contributed by atoms with E-state index in [1.807, 2.05) is 12.1 Å². The van der Waals surface area contributed by atoms with Crippen LogP contribution < -0.4 is 11.1 Å². The zero-order valence-electron chi connectivity index (χ0n) is 8.11. The molecule has 1 aromatic carbocycles. The molecule has 0 bridgehead atoms. The lowest BCUT2D eigenvalue weighted by Gasteiger charge is -2.10. The maximum Gasteiger partial charge on any atom is 0.241 e. The van der Waals surface area contributed by atoms with Gasteiger partial charge in [-0.3, -0.25) is 4.79 Å². The van der Waals surface area contributed by atoms with Crippen molar-refractivity contribution >= 4 is 44.7 Å². The summed E-state index contributed by atoms with van der Waals surface area (Å²) >= 11 is 8.21. The number of nitrogens with one attached hydrogen (secondary N) is 1. The summed E-state index contributed by atoms with van der Waals surface area (Å²) in [7, 11) is 0. The molecular formula is C10H8BrN3OS. The molecule has 16 heavy (non-hydrogen) atoms. The average molecular weight is 298 g/mol. The highest BCUT2D eigenvalue weighted by Crippen LogP contribution is 2.15. The molecule has 0 aliphatic rings. The third-order valence-corrected chi connectivity index (χ3v) is 2.65. The number of nitrogens with zero attached hydrogens (tertiary/aromatic N) is 1. The van der Waals surface area contributed by atoms with E-state index in [1.54, 1.807) is 18.2 Å². The van der Waals surface area contributed by atoms with Crippen molar-refractivity contribution in [3.8, 4) is 6.07 Å². The summed E-state index contributed by atoms with van der Waals surface area (Å²) in [5, 5.41) is 11.5. The minimum atomic E-state index is -1.10. The van der Waals surface area contributed by atoms with Gasteiger partial charge in [-0.2, -0.15) is 5.26 Å². The number of halogens is 1. The van der Waals surface area contributed by atoms with Crippen LogP contribution in [0.25, 0.3) is 0 Å². The Morgan fingerprint density at radius 1 is 1.50 bits per heavy atom. The van der Waals surface area contributed by atoms with Gasteiger partial charge in [0.05, 0.1) is 6.07 Å². The molecule has 0 radical (unpaired) electrons. The summed E-state index contributed by atoms with van der Waals surface area (Å²) in [5.41, 5.74) is 5.73. The smallest absolute Gasteiger partial charge is 0.241 e. The summed E-state index contributed by atoms with van der Waals surface area (Å²) in [6, 6.07) is 8.92. The maximum absolute atomic E-state index is 10.9. The molecule has 0 aromatic heterocycles. The Kier molecular flexibility index (Phi) is 4.40. The van der Waals surface area contributed by atoms with E-state index in [4.69, 9.17) is 23.2 Å². The van der Waals surface area contributed by atoms with E-state index in [0.29, 0.717) is 5.69 Å². The van der Waals surface area contributed by atoms with Gasteiger partial charge in [-0.1, -0.05) is 28.1 Å². The van der Waals surface area contributed by atoms with Crippen molar-refractivity contribution < 1.29 is 4.79 Å². The van der Waals surface area contributed by atoms with Crippen LogP contribution in [0.4, 0.5) is 5.69 Å². The Labute approximate surface area is 107 Å². The number of carbonyl (C=O) groups excluding carboxylic acids is 1. The van der Waals surface area contributed by atoms with Crippen LogP contribution in [0, 0.1) is 17.2 Å². The predicted molar refractivity (Wildman–Crippen MR) is 68.7 cm³/mol. The molecule has 1 atom stereocenters. The Hall–Kier alpha value is -1.45. The van der Waals surface area contributed by atoms with Gasteiger partial charge in [0, 0.05) is 10.2 Å². The topological polar surface area (TPSA) is 78.9 Å². The SMILES string of the molecule is N#CC(C(N)=O)C(=S)Nc1ccc(Br)cc1. The van der Waals surface area contributed by atoms with Crippen molar-refractivity contribution in [3.05, 3.63) is 28.7 Å².